The number of rotatable bonds is 9. The number of carbonyl (C=O) groups excluding carboxylic acids is 1. The van der Waals surface area contributed by atoms with Crippen LogP contribution in [0.25, 0.3) is 0 Å². The maximum Gasteiger partial charge on any atom is 0.416 e. The number of esters is 1. The average Bonchev–Trinajstić information content (AvgIpc) is 2.87. The van der Waals surface area contributed by atoms with Gasteiger partial charge in [0.1, 0.15) is 6.61 Å². The van der Waals surface area contributed by atoms with Gasteiger partial charge in [-0.05, 0) is 51.1 Å². The molecule has 3 aromatic rings. The molecule has 0 saturated heterocycles. The molecule has 0 aliphatic carbocycles. The second-order valence-electron chi connectivity index (χ2n) is 9.78. The number of likely N-dealkylation sites (N-methyl/N-ethyl adjacent to an activating group) is 1. The SMILES string of the molecule is CC1=C(C(=O)OCCN(C)Cc2ccccc2)C(c2ccccc2C(F)(F)F)c2c(ccnc2OC(C)C)N1.Cl.Cl. The Balaban J connectivity index is 0.00000294. The zero-order valence-corrected chi connectivity index (χ0v) is 24.8. The van der Waals surface area contributed by atoms with Crippen molar-refractivity contribution in [2.75, 3.05) is 25.5 Å². The van der Waals surface area contributed by atoms with Crippen LogP contribution in [-0.4, -0.2) is 42.2 Å². The molecule has 0 bridgehead atoms. The van der Waals surface area contributed by atoms with Crippen LogP contribution >= 0.6 is 24.8 Å². The lowest BCUT2D eigenvalue weighted by molar-refractivity contribution is -0.141. The number of nitrogens with zero attached hydrogens (tertiary/aromatic N) is 2. The molecule has 41 heavy (non-hydrogen) atoms. The van der Waals surface area contributed by atoms with E-state index in [1.165, 1.54) is 24.4 Å². The molecule has 1 aromatic heterocycles. The van der Waals surface area contributed by atoms with Crippen LogP contribution in [0.5, 0.6) is 5.88 Å². The number of allylic oxidation sites excluding steroid dienone is 1. The number of nitrogens with one attached hydrogen (secondary N) is 1. The molecule has 1 unspecified atom stereocenters. The standard InChI is InChI=1S/C30H32F3N3O3.2ClH/c1-19(2)39-28-27-24(14-15-34-28)35-20(3)25(26(27)22-12-8-9-13-23(22)30(31,32)33)29(37)38-17-16-36(4)18-21-10-6-5-7-11-21;;/h5-15,19,26,35H,16-18H2,1-4H3;2*1H. The van der Waals surface area contributed by atoms with Crippen molar-refractivity contribution in [2.45, 2.75) is 45.5 Å². The number of alkyl halides is 3. The number of hydrogen-bond acceptors (Lipinski definition) is 6. The fourth-order valence-corrected chi connectivity index (χ4v) is 4.72. The molecule has 222 valence electrons. The summed E-state index contributed by atoms with van der Waals surface area (Å²) in [5, 5.41) is 3.16. The third-order valence-electron chi connectivity index (χ3n) is 6.40. The summed E-state index contributed by atoms with van der Waals surface area (Å²) >= 11 is 0. The molecular weight excluding hydrogens is 578 g/mol. The Bertz CT molecular complexity index is 1350. The molecule has 11 heteroatoms. The highest BCUT2D eigenvalue weighted by Gasteiger charge is 2.42. The van der Waals surface area contributed by atoms with Crippen LogP contribution in [0.3, 0.4) is 0 Å². The molecular formula is C30H34Cl2F3N3O3. The van der Waals surface area contributed by atoms with Gasteiger partial charge in [0.2, 0.25) is 5.88 Å². The minimum atomic E-state index is -4.63. The highest BCUT2D eigenvalue weighted by molar-refractivity contribution is 5.95. The number of ether oxygens (including phenoxy) is 2. The van der Waals surface area contributed by atoms with Gasteiger partial charge in [0, 0.05) is 36.2 Å². The van der Waals surface area contributed by atoms with E-state index in [-0.39, 0.29) is 54.5 Å². The molecule has 6 nitrogen and oxygen atoms in total. The van der Waals surface area contributed by atoms with Crippen LogP contribution in [0, 0.1) is 0 Å². The third-order valence-corrected chi connectivity index (χ3v) is 6.40. The van der Waals surface area contributed by atoms with E-state index >= 15 is 0 Å². The van der Waals surface area contributed by atoms with E-state index < -0.39 is 23.6 Å². The molecule has 0 amide bonds. The maximum absolute atomic E-state index is 14.2. The summed E-state index contributed by atoms with van der Waals surface area (Å²) in [4.78, 5) is 19.9. The normalized spacial score (nSPS) is 14.5. The van der Waals surface area contributed by atoms with E-state index in [1.807, 2.05) is 42.3 Å². The lowest BCUT2D eigenvalue weighted by atomic mass is 9.79. The predicted molar refractivity (Wildman–Crippen MR) is 158 cm³/mol. The number of benzene rings is 2. The van der Waals surface area contributed by atoms with Crippen molar-refractivity contribution >= 4 is 36.5 Å². The third kappa shape index (κ3) is 8.15. The van der Waals surface area contributed by atoms with Gasteiger partial charge in [-0.1, -0.05) is 48.5 Å². The largest absolute Gasteiger partial charge is 0.475 e. The van der Waals surface area contributed by atoms with Gasteiger partial charge in [-0.25, -0.2) is 9.78 Å². The van der Waals surface area contributed by atoms with Crippen molar-refractivity contribution in [1.29, 1.82) is 0 Å². The highest BCUT2D eigenvalue weighted by atomic mass is 35.5. The molecule has 0 radical (unpaired) electrons. The first-order valence-corrected chi connectivity index (χ1v) is 12.7. The van der Waals surface area contributed by atoms with E-state index in [0.29, 0.717) is 30.0 Å². The number of hydrogen-bond donors (Lipinski definition) is 1. The van der Waals surface area contributed by atoms with E-state index in [1.54, 1.807) is 26.8 Å². The second kappa shape index (κ2) is 14.6. The average molecular weight is 613 g/mol. The molecule has 1 N–H and O–H groups in total. The topological polar surface area (TPSA) is 63.7 Å². The van der Waals surface area contributed by atoms with E-state index in [9.17, 15) is 18.0 Å². The van der Waals surface area contributed by atoms with Gasteiger partial charge >= 0.3 is 12.1 Å². The van der Waals surface area contributed by atoms with Crippen LogP contribution < -0.4 is 10.1 Å². The van der Waals surface area contributed by atoms with Gasteiger partial charge in [-0.15, -0.1) is 24.8 Å². The Labute approximate surface area is 250 Å². The van der Waals surface area contributed by atoms with Crippen molar-refractivity contribution in [1.82, 2.24) is 9.88 Å². The molecule has 0 fully saturated rings. The Morgan fingerprint density at radius 2 is 1.71 bits per heavy atom. The van der Waals surface area contributed by atoms with Crippen molar-refractivity contribution < 1.29 is 27.4 Å². The molecule has 1 aliphatic heterocycles. The lowest BCUT2D eigenvalue weighted by Crippen LogP contribution is -2.29. The van der Waals surface area contributed by atoms with Crippen LogP contribution in [0.4, 0.5) is 18.9 Å². The fraction of sp³-hybridized carbons (Fsp3) is 0.333. The fourth-order valence-electron chi connectivity index (χ4n) is 4.72. The smallest absolute Gasteiger partial charge is 0.416 e. The zero-order chi connectivity index (χ0) is 28.2. The van der Waals surface area contributed by atoms with Gasteiger partial charge in [0.05, 0.1) is 23.2 Å². The molecule has 1 aliphatic rings. The van der Waals surface area contributed by atoms with Crippen LogP contribution in [0.2, 0.25) is 0 Å². The monoisotopic (exact) mass is 611 g/mol. The minimum Gasteiger partial charge on any atom is -0.475 e. The molecule has 4 rings (SSSR count). The molecule has 1 atom stereocenters. The van der Waals surface area contributed by atoms with E-state index in [4.69, 9.17) is 9.47 Å². The predicted octanol–water partition coefficient (Wildman–Crippen LogP) is 7.24. The van der Waals surface area contributed by atoms with Gasteiger partial charge in [-0.2, -0.15) is 13.2 Å². The van der Waals surface area contributed by atoms with Crippen molar-refractivity contribution in [3.63, 3.8) is 0 Å². The Morgan fingerprint density at radius 3 is 2.37 bits per heavy atom. The second-order valence-corrected chi connectivity index (χ2v) is 9.78. The van der Waals surface area contributed by atoms with Crippen LogP contribution in [-0.2, 0) is 22.3 Å². The Kier molecular flexibility index (Phi) is 12.1. The Morgan fingerprint density at radius 1 is 1.05 bits per heavy atom. The summed E-state index contributed by atoms with van der Waals surface area (Å²) < 4.78 is 54.1. The first-order chi connectivity index (χ1) is 18.6. The summed E-state index contributed by atoms with van der Waals surface area (Å²) in [7, 11) is 1.91. The van der Waals surface area contributed by atoms with Crippen LogP contribution in [0.1, 0.15) is 48.9 Å². The molecule has 2 heterocycles. The number of halogens is 5. The Hall–Kier alpha value is -3.27. The van der Waals surface area contributed by atoms with Crippen LogP contribution in [0.15, 0.2) is 78.1 Å². The number of carbonyl (C=O) groups is 1. The van der Waals surface area contributed by atoms with Crippen molar-refractivity contribution in [3.8, 4) is 5.88 Å². The van der Waals surface area contributed by atoms with Crippen molar-refractivity contribution in [3.05, 3.63) is 100 Å². The first-order valence-electron chi connectivity index (χ1n) is 12.7. The summed E-state index contributed by atoms with van der Waals surface area (Å²) in [6.45, 7) is 6.45. The zero-order valence-electron chi connectivity index (χ0n) is 23.2. The summed E-state index contributed by atoms with van der Waals surface area (Å²) in [6.07, 6.45) is -3.40. The molecule has 0 saturated carbocycles. The minimum absolute atomic E-state index is 0. The summed E-state index contributed by atoms with van der Waals surface area (Å²) in [6, 6.07) is 16.8. The lowest BCUT2D eigenvalue weighted by Gasteiger charge is -2.32. The summed E-state index contributed by atoms with van der Waals surface area (Å²) in [5.41, 5.74) is 1.61. The van der Waals surface area contributed by atoms with Gasteiger partial charge in [-0.3, -0.25) is 4.90 Å². The summed E-state index contributed by atoms with van der Waals surface area (Å²) in [5.74, 6) is -1.63. The van der Waals surface area contributed by atoms with Crippen molar-refractivity contribution in [2.24, 2.45) is 0 Å². The van der Waals surface area contributed by atoms with E-state index in [0.717, 1.165) is 11.6 Å². The number of anilines is 1. The van der Waals surface area contributed by atoms with Gasteiger partial charge in [0.25, 0.3) is 0 Å². The number of fused-ring (bicyclic) bond motifs is 1. The quantitative estimate of drug-likeness (QED) is 0.257. The van der Waals surface area contributed by atoms with Gasteiger partial charge in [0.15, 0.2) is 0 Å². The number of pyridine rings is 1. The van der Waals surface area contributed by atoms with Gasteiger partial charge < -0.3 is 14.8 Å². The molecule has 0 spiro atoms. The highest BCUT2D eigenvalue weighted by Crippen LogP contribution is 2.48. The maximum atomic E-state index is 14.2. The first kappa shape index (κ1) is 33.9. The van der Waals surface area contributed by atoms with E-state index in [2.05, 4.69) is 10.3 Å². The number of aromatic nitrogens is 1. The molecule has 2 aromatic carbocycles.